The second kappa shape index (κ2) is 6.29. The molecule has 0 N–H and O–H groups in total. The van der Waals surface area contributed by atoms with E-state index in [4.69, 9.17) is 4.74 Å². The lowest BCUT2D eigenvalue weighted by atomic mass is 10.1. The first-order valence-electron chi connectivity index (χ1n) is 4.51. The van der Waals surface area contributed by atoms with E-state index in [1.165, 1.54) is 19.2 Å². The van der Waals surface area contributed by atoms with Crippen molar-refractivity contribution < 1.29 is 22.7 Å². The van der Waals surface area contributed by atoms with Crippen molar-refractivity contribution in [3.63, 3.8) is 0 Å². The Kier molecular flexibility index (Phi) is 5.54. The summed E-state index contributed by atoms with van der Waals surface area (Å²) in [5.74, 6) is -0.245. The number of alkyl halides is 4. The summed E-state index contributed by atoms with van der Waals surface area (Å²) < 4.78 is 42.4. The van der Waals surface area contributed by atoms with Crippen LogP contribution in [0.1, 0.15) is 10.4 Å². The lowest BCUT2D eigenvalue weighted by molar-refractivity contribution is -0.0329. The quantitative estimate of drug-likeness (QED) is 0.413. The molecule has 0 aliphatic heterocycles. The van der Waals surface area contributed by atoms with Crippen LogP contribution in [-0.2, 0) is 0 Å². The fraction of sp³-hybridized carbons (Fsp3) is 0.300. The molecular weight excluding hydrogens is 401 g/mol. The van der Waals surface area contributed by atoms with Crippen molar-refractivity contribution in [1.29, 1.82) is 0 Å². The summed E-state index contributed by atoms with van der Waals surface area (Å²) in [6, 6.07) is 2.61. The molecule has 0 heterocycles. The molecule has 0 spiro atoms. The molecule has 0 aliphatic rings. The number of methoxy groups -OCH3 is 1. The van der Waals surface area contributed by atoms with Crippen LogP contribution in [0.4, 0.5) is 13.2 Å². The maximum atomic E-state index is 12.4. The summed E-state index contributed by atoms with van der Waals surface area (Å²) in [6.45, 7) is 0. The third-order valence-electron chi connectivity index (χ3n) is 1.88. The van der Waals surface area contributed by atoms with Gasteiger partial charge in [0.15, 0.2) is 5.78 Å². The Morgan fingerprint density at radius 3 is 2.50 bits per heavy atom. The number of halogens is 5. The van der Waals surface area contributed by atoms with E-state index >= 15 is 0 Å². The van der Waals surface area contributed by atoms with Gasteiger partial charge >= 0.3 is 5.51 Å². The Hall–Kier alpha value is -0.210. The Morgan fingerprint density at radius 1 is 1.44 bits per heavy atom. The van der Waals surface area contributed by atoms with E-state index in [-0.39, 0.29) is 39.1 Å². The molecule has 18 heavy (non-hydrogen) atoms. The third-order valence-corrected chi connectivity index (χ3v) is 3.74. The smallest absolute Gasteiger partial charge is 0.446 e. The minimum Gasteiger partial charge on any atom is -0.494 e. The molecular formula is C10H7Br2F3O2S. The zero-order valence-electron chi connectivity index (χ0n) is 8.98. The summed E-state index contributed by atoms with van der Waals surface area (Å²) in [5.41, 5.74) is -4.26. The van der Waals surface area contributed by atoms with Gasteiger partial charge in [-0.15, -0.1) is 0 Å². The van der Waals surface area contributed by atoms with Gasteiger partial charge in [-0.3, -0.25) is 4.79 Å². The lowest BCUT2D eigenvalue weighted by Gasteiger charge is -2.13. The zero-order chi connectivity index (χ0) is 13.9. The van der Waals surface area contributed by atoms with Gasteiger partial charge in [-0.1, -0.05) is 15.9 Å². The molecule has 0 bridgehead atoms. The highest BCUT2D eigenvalue weighted by Crippen LogP contribution is 2.44. The van der Waals surface area contributed by atoms with Crippen LogP contribution in [0, 0.1) is 0 Å². The summed E-state index contributed by atoms with van der Waals surface area (Å²) in [5, 5.41) is 0.0435. The summed E-state index contributed by atoms with van der Waals surface area (Å²) in [4.78, 5) is 11.3. The van der Waals surface area contributed by atoms with Crippen LogP contribution < -0.4 is 4.74 Å². The number of rotatable bonds is 4. The fourth-order valence-corrected chi connectivity index (χ4v) is 3.00. The topological polar surface area (TPSA) is 26.3 Å². The normalized spacial score (nSPS) is 11.4. The number of Topliss-reactive ketones (excluding diaryl/α,β-unsaturated/α-hetero) is 1. The predicted octanol–water partition coefficient (Wildman–Crippen LogP) is 4.65. The number of hydrogen-bond donors (Lipinski definition) is 0. The second-order valence-corrected chi connectivity index (χ2v) is 5.62. The highest BCUT2D eigenvalue weighted by Gasteiger charge is 2.32. The van der Waals surface area contributed by atoms with Gasteiger partial charge in [0, 0.05) is 5.56 Å². The predicted molar refractivity (Wildman–Crippen MR) is 70.7 cm³/mol. The molecule has 0 amide bonds. The Balaban J connectivity index is 3.28. The molecule has 0 atom stereocenters. The fourth-order valence-electron chi connectivity index (χ4n) is 1.20. The monoisotopic (exact) mass is 406 g/mol. The molecule has 1 aromatic carbocycles. The zero-order valence-corrected chi connectivity index (χ0v) is 13.0. The van der Waals surface area contributed by atoms with Gasteiger partial charge in [-0.05, 0) is 39.8 Å². The van der Waals surface area contributed by atoms with Crippen molar-refractivity contribution in [3.05, 3.63) is 22.2 Å². The number of hydrogen-bond acceptors (Lipinski definition) is 3. The molecule has 0 aliphatic carbocycles. The number of carbonyl (C=O) groups is 1. The van der Waals surface area contributed by atoms with Crippen molar-refractivity contribution >= 4 is 49.4 Å². The van der Waals surface area contributed by atoms with Crippen LogP contribution in [-0.4, -0.2) is 23.7 Å². The van der Waals surface area contributed by atoms with Gasteiger partial charge in [0.1, 0.15) is 5.75 Å². The van der Waals surface area contributed by atoms with Crippen molar-refractivity contribution in [2.45, 2.75) is 10.4 Å². The highest BCUT2D eigenvalue weighted by atomic mass is 79.9. The summed E-state index contributed by atoms with van der Waals surface area (Å²) in [7, 11) is 1.27. The molecule has 1 aromatic rings. The van der Waals surface area contributed by atoms with Gasteiger partial charge in [0.2, 0.25) is 0 Å². The molecule has 0 unspecified atom stereocenters. The largest absolute Gasteiger partial charge is 0.494 e. The molecule has 0 saturated carbocycles. The highest BCUT2D eigenvalue weighted by molar-refractivity contribution is 9.10. The van der Waals surface area contributed by atoms with E-state index in [0.29, 0.717) is 4.47 Å². The van der Waals surface area contributed by atoms with E-state index in [0.717, 1.165) is 0 Å². The first-order valence-corrected chi connectivity index (χ1v) is 7.24. The van der Waals surface area contributed by atoms with Gasteiger partial charge in [0.05, 0.1) is 21.8 Å². The first-order chi connectivity index (χ1) is 8.28. The second-order valence-electron chi connectivity index (χ2n) is 3.09. The van der Waals surface area contributed by atoms with E-state index < -0.39 is 5.51 Å². The molecule has 2 nitrogen and oxygen atoms in total. The van der Waals surface area contributed by atoms with Crippen molar-refractivity contribution in [2.24, 2.45) is 0 Å². The number of benzene rings is 1. The molecule has 8 heteroatoms. The molecule has 0 aromatic heterocycles. The molecule has 1 rings (SSSR count). The molecule has 0 radical (unpaired) electrons. The summed E-state index contributed by atoms with van der Waals surface area (Å²) >= 11 is 5.75. The Bertz CT molecular complexity index is 463. The average Bonchev–Trinajstić information content (AvgIpc) is 2.25. The minimum absolute atomic E-state index is 0.0435. The number of ketones is 1. The van der Waals surface area contributed by atoms with Crippen molar-refractivity contribution in [1.82, 2.24) is 0 Å². The Labute approximate surface area is 123 Å². The van der Waals surface area contributed by atoms with Crippen LogP contribution in [0.5, 0.6) is 5.75 Å². The van der Waals surface area contributed by atoms with E-state index in [9.17, 15) is 18.0 Å². The number of ether oxygens (including phenoxy) is 1. The number of thioether (sulfide) groups is 1. The van der Waals surface area contributed by atoms with Crippen LogP contribution >= 0.6 is 43.6 Å². The van der Waals surface area contributed by atoms with Gasteiger partial charge in [0.25, 0.3) is 0 Å². The van der Waals surface area contributed by atoms with Crippen LogP contribution in [0.15, 0.2) is 21.5 Å². The van der Waals surface area contributed by atoms with Crippen molar-refractivity contribution in [3.8, 4) is 5.75 Å². The van der Waals surface area contributed by atoms with E-state index in [1.54, 1.807) is 0 Å². The van der Waals surface area contributed by atoms with Gasteiger partial charge in [-0.25, -0.2) is 0 Å². The SMILES string of the molecule is COc1c(Br)cc(C(=O)CBr)cc1SC(F)(F)F. The Morgan fingerprint density at radius 2 is 2.06 bits per heavy atom. The van der Waals surface area contributed by atoms with Crippen molar-refractivity contribution in [2.75, 3.05) is 12.4 Å². The van der Waals surface area contributed by atoms with Gasteiger partial charge < -0.3 is 4.74 Å². The average molecular weight is 408 g/mol. The van der Waals surface area contributed by atoms with E-state index in [1.807, 2.05) is 0 Å². The molecule has 0 saturated heterocycles. The lowest BCUT2D eigenvalue weighted by Crippen LogP contribution is -2.04. The maximum Gasteiger partial charge on any atom is 0.446 e. The summed E-state index contributed by atoms with van der Waals surface area (Å²) in [6.07, 6.45) is 0. The maximum absolute atomic E-state index is 12.4. The minimum atomic E-state index is -4.44. The van der Waals surface area contributed by atoms with Crippen LogP contribution in [0.2, 0.25) is 0 Å². The molecule has 100 valence electrons. The molecule has 0 fully saturated rings. The number of carbonyl (C=O) groups excluding carboxylic acids is 1. The first kappa shape index (κ1) is 15.8. The van der Waals surface area contributed by atoms with Crippen LogP contribution in [0.3, 0.4) is 0 Å². The standard InChI is InChI=1S/C10H7Br2F3O2S/c1-17-9-6(12)2-5(7(16)4-11)3-8(9)18-10(13,14)15/h2-3H,4H2,1H3. The van der Waals surface area contributed by atoms with E-state index in [2.05, 4.69) is 31.9 Å². The third kappa shape index (κ3) is 4.17. The van der Waals surface area contributed by atoms with Crippen LogP contribution in [0.25, 0.3) is 0 Å². The van der Waals surface area contributed by atoms with Gasteiger partial charge in [-0.2, -0.15) is 13.2 Å².